The van der Waals surface area contributed by atoms with Gasteiger partial charge in [0.05, 0.1) is 11.5 Å². The number of unbranched alkanes of at least 4 members (excludes halogenated alkanes) is 11. The summed E-state index contributed by atoms with van der Waals surface area (Å²) in [5.74, 6) is 0.841. The maximum Gasteiger partial charge on any atom is 0.323 e. The lowest BCUT2D eigenvalue weighted by atomic mass is 10.1. The Labute approximate surface area is 250 Å². The monoisotopic (exact) mass is 615 g/mol. The lowest BCUT2D eigenvalue weighted by Crippen LogP contribution is -3.00. The molecule has 0 fully saturated rings. The number of amides is 2. The molecular formula is C32H46BrN3O2S. The van der Waals surface area contributed by atoms with Crippen LogP contribution in [0.3, 0.4) is 0 Å². The van der Waals surface area contributed by atoms with Crippen molar-refractivity contribution in [2.24, 2.45) is 0 Å². The first kappa shape index (κ1) is 32.8. The van der Waals surface area contributed by atoms with E-state index in [1.54, 1.807) is 11.3 Å². The molecule has 2 amide bonds. The normalized spacial score (nSPS) is 10.6. The van der Waals surface area contributed by atoms with Gasteiger partial charge >= 0.3 is 6.03 Å². The molecule has 5 nitrogen and oxygen atoms in total. The van der Waals surface area contributed by atoms with Gasteiger partial charge in [-0.15, -0.1) is 0 Å². The van der Waals surface area contributed by atoms with Crippen LogP contribution >= 0.6 is 11.3 Å². The molecular weight excluding hydrogens is 570 g/mol. The third kappa shape index (κ3) is 14.0. The van der Waals surface area contributed by atoms with Crippen LogP contribution in [0.5, 0.6) is 5.75 Å². The number of ether oxygens (including phenoxy) is 1. The van der Waals surface area contributed by atoms with Crippen LogP contribution in [0, 0.1) is 6.92 Å². The van der Waals surface area contributed by atoms with Crippen molar-refractivity contribution in [1.29, 1.82) is 0 Å². The summed E-state index contributed by atoms with van der Waals surface area (Å²) in [6.07, 6.45) is 18.2. The van der Waals surface area contributed by atoms with E-state index in [0.29, 0.717) is 0 Å². The van der Waals surface area contributed by atoms with E-state index in [9.17, 15) is 4.79 Å². The Morgan fingerprint density at radius 3 is 1.79 bits per heavy atom. The SMILES string of the molecule is CCCCCCCCCCCCCCOc1ccc(NC(=O)Nc2ccc(C[n+]3csc(C)c3)cc2)cc1.[Br-]. The molecule has 2 N–H and O–H groups in total. The Morgan fingerprint density at radius 1 is 0.769 bits per heavy atom. The summed E-state index contributed by atoms with van der Waals surface area (Å²) in [5, 5.41) is 5.78. The third-order valence-electron chi connectivity index (χ3n) is 6.68. The number of halogens is 1. The number of nitrogens with one attached hydrogen (secondary N) is 2. The van der Waals surface area contributed by atoms with E-state index in [1.807, 2.05) is 48.5 Å². The summed E-state index contributed by atoms with van der Waals surface area (Å²) >= 11 is 1.74. The summed E-state index contributed by atoms with van der Waals surface area (Å²) in [5.41, 5.74) is 4.81. The molecule has 214 valence electrons. The molecule has 7 heteroatoms. The zero-order chi connectivity index (χ0) is 26.8. The minimum absolute atomic E-state index is 0. The molecule has 0 atom stereocenters. The van der Waals surface area contributed by atoms with Crippen molar-refractivity contribution >= 4 is 28.7 Å². The van der Waals surface area contributed by atoms with Gasteiger partial charge in [0, 0.05) is 16.9 Å². The molecule has 0 unspecified atom stereocenters. The van der Waals surface area contributed by atoms with E-state index in [4.69, 9.17) is 4.74 Å². The summed E-state index contributed by atoms with van der Waals surface area (Å²) in [6, 6.07) is 15.3. The fourth-order valence-electron chi connectivity index (χ4n) is 4.49. The van der Waals surface area contributed by atoms with Gasteiger partial charge in [-0.3, -0.25) is 0 Å². The molecule has 0 saturated heterocycles. The smallest absolute Gasteiger partial charge is 0.323 e. The predicted octanol–water partition coefficient (Wildman–Crippen LogP) is 6.12. The molecule has 0 aliphatic heterocycles. The number of carbonyl (C=O) groups excluding carboxylic acids is 1. The van der Waals surface area contributed by atoms with Gasteiger partial charge in [0.15, 0.2) is 12.7 Å². The number of hydrogen-bond acceptors (Lipinski definition) is 3. The maximum atomic E-state index is 12.4. The first-order valence-corrected chi connectivity index (χ1v) is 15.3. The van der Waals surface area contributed by atoms with Crippen molar-refractivity contribution in [1.82, 2.24) is 0 Å². The van der Waals surface area contributed by atoms with Crippen LogP contribution in [-0.4, -0.2) is 12.6 Å². The molecule has 3 rings (SSSR count). The number of aromatic nitrogens is 1. The second-order valence-electron chi connectivity index (χ2n) is 10.2. The topological polar surface area (TPSA) is 54.2 Å². The van der Waals surface area contributed by atoms with E-state index >= 15 is 0 Å². The van der Waals surface area contributed by atoms with Crippen molar-refractivity contribution < 1.29 is 31.1 Å². The van der Waals surface area contributed by atoms with E-state index in [1.165, 1.54) is 81.1 Å². The Balaban J connectivity index is 0.00000533. The van der Waals surface area contributed by atoms with Gasteiger partial charge in [-0.2, -0.15) is 4.57 Å². The molecule has 1 heterocycles. The molecule has 3 aromatic rings. The van der Waals surface area contributed by atoms with E-state index < -0.39 is 0 Å². The number of aryl methyl sites for hydroxylation is 1. The van der Waals surface area contributed by atoms with Gasteiger partial charge in [0.25, 0.3) is 0 Å². The van der Waals surface area contributed by atoms with Gasteiger partial charge in [0.1, 0.15) is 5.75 Å². The minimum Gasteiger partial charge on any atom is -1.00 e. The minimum atomic E-state index is -0.259. The van der Waals surface area contributed by atoms with Gasteiger partial charge in [-0.05, 0) is 49.7 Å². The second-order valence-corrected chi connectivity index (χ2v) is 11.3. The second kappa shape index (κ2) is 19.6. The Morgan fingerprint density at radius 2 is 1.28 bits per heavy atom. The van der Waals surface area contributed by atoms with Gasteiger partial charge < -0.3 is 32.4 Å². The van der Waals surface area contributed by atoms with Crippen LogP contribution in [0.25, 0.3) is 0 Å². The third-order valence-corrected chi connectivity index (χ3v) is 7.53. The first-order valence-electron chi connectivity index (χ1n) is 14.5. The van der Waals surface area contributed by atoms with Crippen molar-refractivity contribution in [3.05, 3.63) is 70.7 Å². The highest BCUT2D eigenvalue weighted by atomic mass is 79.9. The first-order chi connectivity index (χ1) is 18.6. The highest BCUT2D eigenvalue weighted by Gasteiger charge is 2.07. The fraction of sp³-hybridized carbons (Fsp3) is 0.500. The molecule has 2 aromatic carbocycles. The van der Waals surface area contributed by atoms with Crippen LogP contribution in [0.15, 0.2) is 60.2 Å². The zero-order valence-corrected chi connectivity index (χ0v) is 26.1. The molecule has 0 saturated carbocycles. The molecule has 39 heavy (non-hydrogen) atoms. The van der Waals surface area contributed by atoms with Crippen LogP contribution in [0.4, 0.5) is 16.2 Å². The molecule has 0 spiro atoms. The largest absolute Gasteiger partial charge is 1.00 e. The lowest BCUT2D eigenvalue weighted by Gasteiger charge is -2.10. The summed E-state index contributed by atoms with van der Waals surface area (Å²) < 4.78 is 8.05. The van der Waals surface area contributed by atoms with Gasteiger partial charge in [-0.25, -0.2) is 4.79 Å². The Kier molecular flexibility index (Phi) is 16.5. The number of nitrogens with zero attached hydrogens (tertiary/aromatic N) is 1. The highest BCUT2D eigenvalue weighted by Crippen LogP contribution is 2.18. The Hall–Kier alpha value is -2.38. The molecule has 0 aliphatic carbocycles. The van der Waals surface area contributed by atoms with Crippen LogP contribution in [0.1, 0.15) is 94.4 Å². The number of rotatable bonds is 18. The summed E-state index contributed by atoms with van der Waals surface area (Å²) in [4.78, 5) is 13.7. The number of thiazole rings is 1. The molecule has 1 aromatic heterocycles. The van der Waals surface area contributed by atoms with Gasteiger partial charge in [-0.1, -0.05) is 101 Å². The number of urea groups is 1. The average Bonchev–Trinajstić information content (AvgIpc) is 3.33. The van der Waals surface area contributed by atoms with Crippen LogP contribution in [-0.2, 0) is 6.54 Å². The summed E-state index contributed by atoms with van der Waals surface area (Å²) in [6.45, 7) is 5.94. The molecule has 0 bridgehead atoms. The zero-order valence-electron chi connectivity index (χ0n) is 23.7. The quantitative estimate of drug-likeness (QED) is 0.134. The highest BCUT2D eigenvalue weighted by molar-refractivity contribution is 7.09. The van der Waals surface area contributed by atoms with Crippen LogP contribution in [0.2, 0.25) is 0 Å². The molecule has 0 aliphatic rings. The van der Waals surface area contributed by atoms with E-state index in [0.717, 1.165) is 36.7 Å². The molecule has 0 radical (unpaired) electrons. The van der Waals surface area contributed by atoms with Crippen molar-refractivity contribution in [3.63, 3.8) is 0 Å². The maximum absolute atomic E-state index is 12.4. The van der Waals surface area contributed by atoms with E-state index in [2.05, 4.69) is 40.8 Å². The standard InChI is InChI=1S/C32H45N3O2S.BrH/c1-3-4-5-6-7-8-9-10-11-12-13-14-23-37-31-21-19-30(20-22-31)34-32(36)33-29-17-15-28(16-18-29)25-35-24-27(2)38-26-35;/h15-22,24,26H,3-14,23,25H2,1-2H3,(H-,33,34,36);1H. The van der Waals surface area contributed by atoms with Crippen LogP contribution < -0.4 is 36.9 Å². The Bertz CT molecular complexity index is 1050. The van der Waals surface area contributed by atoms with E-state index in [-0.39, 0.29) is 23.0 Å². The predicted molar refractivity (Wildman–Crippen MR) is 160 cm³/mol. The lowest BCUT2D eigenvalue weighted by molar-refractivity contribution is -0.683. The number of benzene rings is 2. The van der Waals surface area contributed by atoms with Crippen molar-refractivity contribution in [2.45, 2.75) is 97.4 Å². The number of anilines is 2. The van der Waals surface area contributed by atoms with Gasteiger partial charge in [0.2, 0.25) is 5.51 Å². The summed E-state index contributed by atoms with van der Waals surface area (Å²) in [7, 11) is 0. The van der Waals surface area contributed by atoms with Crippen molar-refractivity contribution in [2.75, 3.05) is 17.2 Å². The van der Waals surface area contributed by atoms with Crippen molar-refractivity contribution in [3.8, 4) is 5.75 Å². The number of carbonyl (C=O) groups is 1. The number of hydrogen-bond donors (Lipinski definition) is 2. The average molecular weight is 617 g/mol. The fourth-order valence-corrected chi connectivity index (χ4v) is 5.13.